The molecule has 0 saturated heterocycles. The van der Waals surface area contributed by atoms with Crippen molar-refractivity contribution in [1.29, 1.82) is 0 Å². The van der Waals surface area contributed by atoms with E-state index in [0.717, 1.165) is 4.90 Å². The lowest BCUT2D eigenvalue weighted by atomic mass is 10.2. The normalized spacial score (nSPS) is 11.4. The number of likely N-dealkylation sites (N-methyl/N-ethyl adjacent to an activating group) is 1. The molecule has 0 atom stereocenters. The maximum Gasteiger partial charge on any atom is 0.326 e. The molecule has 0 unspecified atom stereocenters. The standard InChI is InChI=1S/C19H30N2O3S/c1-19(2,3)24-18(23)15-21(13-12-20(4)5)17(22)11-14-25-16-9-7-6-8-10-16/h6-10H,11-15H2,1-5H3. The van der Waals surface area contributed by atoms with Crippen LogP contribution in [0.4, 0.5) is 0 Å². The molecule has 0 saturated carbocycles. The lowest BCUT2D eigenvalue weighted by Gasteiger charge is -2.26. The largest absolute Gasteiger partial charge is 0.459 e. The van der Waals surface area contributed by atoms with Crippen LogP contribution in [0.15, 0.2) is 35.2 Å². The van der Waals surface area contributed by atoms with Crippen LogP contribution < -0.4 is 0 Å². The molecule has 1 aromatic carbocycles. The molecular weight excluding hydrogens is 336 g/mol. The Kier molecular flexibility index (Phi) is 9.00. The van der Waals surface area contributed by atoms with E-state index in [9.17, 15) is 9.59 Å². The molecule has 5 nitrogen and oxygen atoms in total. The first-order valence-electron chi connectivity index (χ1n) is 8.49. The van der Waals surface area contributed by atoms with Crippen LogP contribution in [-0.2, 0) is 14.3 Å². The third-order valence-corrected chi connectivity index (χ3v) is 4.25. The first-order chi connectivity index (χ1) is 11.7. The minimum absolute atomic E-state index is 0.0000526. The van der Waals surface area contributed by atoms with Gasteiger partial charge >= 0.3 is 5.97 Å². The summed E-state index contributed by atoms with van der Waals surface area (Å²) in [5.74, 6) is 0.307. The van der Waals surface area contributed by atoms with Crippen LogP contribution in [0.3, 0.4) is 0 Å². The van der Waals surface area contributed by atoms with Gasteiger partial charge < -0.3 is 14.5 Å². The molecule has 25 heavy (non-hydrogen) atoms. The smallest absolute Gasteiger partial charge is 0.326 e. The highest BCUT2D eigenvalue weighted by atomic mass is 32.2. The van der Waals surface area contributed by atoms with Crippen LogP contribution in [0.1, 0.15) is 27.2 Å². The summed E-state index contributed by atoms with van der Waals surface area (Å²) >= 11 is 1.65. The van der Waals surface area contributed by atoms with Crippen molar-refractivity contribution in [2.75, 3.05) is 39.5 Å². The number of amides is 1. The van der Waals surface area contributed by atoms with Crippen molar-refractivity contribution in [3.63, 3.8) is 0 Å². The van der Waals surface area contributed by atoms with E-state index in [1.807, 2.05) is 70.1 Å². The number of hydrogen-bond donors (Lipinski definition) is 0. The Balaban J connectivity index is 2.54. The Bertz CT molecular complexity index is 541. The molecule has 0 fully saturated rings. The van der Waals surface area contributed by atoms with Crippen molar-refractivity contribution in [2.24, 2.45) is 0 Å². The van der Waals surface area contributed by atoms with E-state index in [0.29, 0.717) is 25.3 Å². The van der Waals surface area contributed by atoms with Crippen LogP contribution in [-0.4, -0.2) is 66.8 Å². The fourth-order valence-electron chi connectivity index (χ4n) is 2.07. The van der Waals surface area contributed by atoms with Gasteiger partial charge in [0.1, 0.15) is 12.1 Å². The molecule has 1 aromatic rings. The molecule has 0 bridgehead atoms. The van der Waals surface area contributed by atoms with Gasteiger partial charge in [-0.1, -0.05) is 18.2 Å². The SMILES string of the molecule is CN(C)CCN(CC(=O)OC(C)(C)C)C(=O)CCSc1ccccc1. The van der Waals surface area contributed by atoms with E-state index in [-0.39, 0.29) is 18.4 Å². The summed E-state index contributed by atoms with van der Waals surface area (Å²) in [6, 6.07) is 9.99. The maximum atomic E-state index is 12.5. The van der Waals surface area contributed by atoms with Gasteiger partial charge in [0, 0.05) is 30.2 Å². The number of benzene rings is 1. The molecule has 1 rings (SSSR count). The quantitative estimate of drug-likeness (QED) is 0.497. The topological polar surface area (TPSA) is 49.9 Å². The lowest BCUT2D eigenvalue weighted by molar-refractivity contribution is -0.158. The molecule has 0 spiro atoms. The van der Waals surface area contributed by atoms with E-state index in [1.54, 1.807) is 16.7 Å². The zero-order valence-corrected chi connectivity index (χ0v) is 16.8. The molecule has 0 radical (unpaired) electrons. The Morgan fingerprint density at radius 2 is 1.72 bits per heavy atom. The van der Waals surface area contributed by atoms with E-state index in [4.69, 9.17) is 4.74 Å². The fourth-order valence-corrected chi connectivity index (χ4v) is 2.94. The van der Waals surface area contributed by atoms with Gasteiger partial charge in [0.2, 0.25) is 5.91 Å². The number of rotatable bonds is 9. The highest BCUT2D eigenvalue weighted by Gasteiger charge is 2.22. The van der Waals surface area contributed by atoms with Gasteiger partial charge in [-0.05, 0) is 47.0 Å². The van der Waals surface area contributed by atoms with Crippen molar-refractivity contribution in [3.05, 3.63) is 30.3 Å². The van der Waals surface area contributed by atoms with Gasteiger partial charge in [-0.15, -0.1) is 11.8 Å². The van der Waals surface area contributed by atoms with Gasteiger partial charge in [-0.25, -0.2) is 0 Å². The molecule has 0 aliphatic carbocycles. The molecule has 0 aromatic heterocycles. The number of ether oxygens (including phenoxy) is 1. The summed E-state index contributed by atoms with van der Waals surface area (Å²) in [6.45, 7) is 6.70. The van der Waals surface area contributed by atoms with Crippen molar-refractivity contribution >= 4 is 23.6 Å². The van der Waals surface area contributed by atoms with E-state index in [2.05, 4.69) is 0 Å². The van der Waals surface area contributed by atoms with Crippen LogP contribution in [0.5, 0.6) is 0 Å². The lowest BCUT2D eigenvalue weighted by Crippen LogP contribution is -2.42. The van der Waals surface area contributed by atoms with Crippen LogP contribution in [0, 0.1) is 0 Å². The van der Waals surface area contributed by atoms with Gasteiger partial charge in [0.15, 0.2) is 0 Å². The highest BCUT2D eigenvalue weighted by molar-refractivity contribution is 7.99. The van der Waals surface area contributed by atoms with Crippen LogP contribution in [0.25, 0.3) is 0 Å². The fraction of sp³-hybridized carbons (Fsp3) is 0.579. The average Bonchev–Trinajstić information content (AvgIpc) is 2.50. The average molecular weight is 367 g/mol. The molecule has 0 heterocycles. The summed E-state index contributed by atoms with van der Waals surface area (Å²) in [7, 11) is 3.89. The predicted molar refractivity (Wildman–Crippen MR) is 103 cm³/mol. The Hall–Kier alpha value is -1.53. The number of thioether (sulfide) groups is 1. The first kappa shape index (κ1) is 21.5. The summed E-state index contributed by atoms with van der Waals surface area (Å²) in [4.78, 5) is 29.3. The predicted octanol–water partition coefficient (Wildman–Crippen LogP) is 2.90. The number of carbonyl (C=O) groups excluding carboxylic acids is 2. The Morgan fingerprint density at radius 3 is 2.28 bits per heavy atom. The minimum atomic E-state index is -0.545. The summed E-state index contributed by atoms with van der Waals surface area (Å²) in [5, 5.41) is 0. The van der Waals surface area contributed by atoms with Gasteiger partial charge in [0.25, 0.3) is 0 Å². The van der Waals surface area contributed by atoms with E-state index < -0.39 is 5.60 Å². The summed E-state index contributed by atoms with van der Waals surface area (Å²) in [5.41, 5.74) is -0.545. The Morgan fingerprint density at radius 1 is 1.08 bits per heavy atom. The molecule has 1 amide bonds. The second-order valence-electron chi connectivity index (χ2n) is 7.12. The molecule has 140 valence electrons. The number of nitrogens with zero attached hydrogens (tertiary/aromatic N) is 2. The molecule has 0 N–H and O–H groups in total. The van der Waals surface area contributed by atoms with Gasteiger partial charge in [0.05, 0.1) is 0 Å². The molecule has 0 aliphatic heterocycles. The third kappa shape index (κ3) is 10.1. The van der Waals surface area contributed by atoms with Crippen molar-refractivity contribution in [3.8, 4) is 0 Å². The highest BCUT2D eigenvalue weighted by Crippen LogP contribution is 2.18. The zero-order valence-electron chi connectivity index (χ0n) is 15.9. The maximum absolute atomic E-state index is 12.5. The first-order valence-corrected chi connectivity index (χ1v) is 9.48. The second kappa shape index (κ2) is 10.5. The Labute approximate surface area is 155 Å². The second-order valence-corrected chi connectivity index (χ2v) is 8.28. The third-order valence-electron chi connectivity index (χ3n) is 3.24. The van der Waals surface area contributed by atoms with E-state index in [1.165, 1.54) is 0 Å². The summed E-state index contributed by atoms with van der Waals surface area (Å²) < 4.78 is 5.35. The number of esters is 1. The molecular formula is C19H30N2O3S. The van der Waals surface area contributed by atoms with E-state index >= 15 is 0 Å². The van der Waals surface area contributed by atoms with Crippen molar-refractivity contribution in [2.45, 2.75) is 37.7 Å². The van der Waals surface area contributed by atoms with Crippen LogP contribution in [0.2, 0.25) is 0 Å². The van der Waals surface area contributed by atoms with Gasteiger partial charge in [-0.3, -0.25) is 9.59 Å². The molecule has 0 aliphatic rings. The summed E-state index contributed by atoms with van der Waals surface area (Å²) in [6.07, 6.45) is 0.399. The van der Waals surface area contributed by atoms with Crippen LogP contribution >= 0.6 is 11.8 Å². The van der Waals surface area contributed by atoms with Gasteiger partial charge in [-0.2, -0.15) is 0 Å². The minimum Gasteiger partial charge on any atom is -0.459 e. The van der Waals surface area contributed by atoms with Crippen molar-refractivity contribution in [1.82, 2.24) is 9.80 Å². The zero-order chi connectivity index (χ0) is 18.9. The monoisotopic (exact) mass is 366 g/mol. The van der Waals surface area contributed by atoms with Crippen molar-refractivity contribution < 1.29 is 14.3 Å². The number of carbonyl (C=O) groups is 2. The number of hydrogen-bond acceptors (Lipinski definition) is 5. The molecule has 6 heteroatoms.